The summed E-state index contributed by atoms with van der Waals surface area (Å²) in [6, 6.07) is 7.89. The van der Waals surface area contributed by atoms with Crippen molar-refractivity contribution in [2.75, 3.05) is 18.4 Å². The highest BCUT2D eigenvalue weighted by molar-refractivity contribution is 6.30. The van der Waals surface area contributed by atoms with Gasteiger partial charge in [0.1, 0.15) is 0 Å². The lowest BCUT2D eigenvalue weighted by Crippen LogP contribution is -2.47. The maximum atomic E-state index is 10.9. The van der Waals surface area contributed by atoms with E-state index in [1.54, 1.807) is 0 Å². The van der Waals surface area contributed by atoms with E-state index in [1.165, 1.54) is 4.90 Å². The van der Waals surface area contributed by atoms with Gasteiger partial charge in [-0.2, -0.15) is 0 Å². The minimum Gasteiger partial charge on any atom is -0.465 e. The molecule has 1 aromatic rings. The van der Waals surface area contributed by atoms with Gasteiger partial charge in [-0.15, -0.1) is 0 Å². The Morgan fingerprint density at radius 3 is 2.67 bits per heavy atom. The van der Waals surface area contributed by atoms with E-state index in [1.807, 2.05) is 24.3 Å². The van der Waals surface area contributed by atoms with Crippen molar-refractivity contribution in [2.45, 2.75) is 19.4 Å². The van der Waals surface area contributed by atoms with Gasteiger partial charge in [-0.1, -0.05) is 18.5 Å². The highest BCUT2D eigenvalue weighted by Crippen LogP contribution is 2.22. The average molecular weight is 269 g/mol. The molecule has 1 aliphatic heterocycles. The van der Waals surface area contributed by atoms with Gasteiger partial charge in [0.25, 0.3) is 0 Å². The third-order valence-electron chi connectivity index (χ3n) is 3.37. The van der Waals surface area contributed by atoms with Crippen molar-refractivity contribution >= 4 is 23.4 Å². The van der Waals surface area contributed by atoms with E-state index >= 15 is 0 Å². The van der Waals surface area contributed by atoms with Gasteiger partial charge in [0.05, 0.1) is 0 Å². The molecule has 4 nitrogen and oxygen atoms in total. The minimum absolute atomic E-state index is 0.297. The maximum absolute atomic E-state index is 10.9. The number of hydrogen-bond donors (Lipinski definition) is 2. The fraction of sp³-hybridized carbons (Fsp3) is 0.462. The molecule has 2 N–H and O–H groups in total. The third-order valence-corrected chi connectivity index (χ3v) is 3.62. The Labute approximate surface area is 112 Å². The van der Waals surface area contributed by atoms with Crippen molar-refractivity contribution in [1.82, 2.24) is 4.90 Å². The molecule has 1 saturated heterocycles. The number of amides is 1. The van der Waals surface area contributed by atoms with E-state index in [0.717, 1.165) is 12.1 Å². The number of likely N-dealkylation sites (tertiary alicyclic amines) is 1. The Kier molecular flexibility index (Phi) is 3.97. The number of hydrogen-bond acceptors (Lipinski definition) is 2. The van der Waals surface area contributed by atoms with Crippen LogP contribution in [0.5, 0.6) is 0 Å². The van der Waals surface area contributed by atoms with E-state index in [0.29, 0.717) is 30.1 Å². The molecule has 5 heteroatoms. The Hall–Kier alpha value is -1.42. The van der Waals surface area contributed by atoms with Crippen LogP contribution in [-0.2, 0) is 0 Å². The van der Waals surface area contributed by atoms with Gasteiger partial charge >= 0.3 is 6.09 Å². The topological polar surface area (TPSA) is 52.6 Å². The van der Waals surface area contributed by atoms with Crippen molar-refractivity contribution in [3.05, 3.63) is 29.3 Å². The molecule has 1 aromatic carbocycles. The predicted molar refractivity (Wildman–Crippen MR) is 72.2 cm³/mol. The maximum Gasteiger partial charge on any atom is 0.407 e. The van der Waals surface area contributed by atoms with Gasteiger partial charge in [0, 0.05) is 29.8 Å². The summed E-state index contributed by atoms with van der Waals surface area (Å²) in [7, 11) is 0. The standard InChI is InChI=1S/C13H17ClN2O2/c1-9-8-16(13(17)18)7-6-12(9)15-11-4-2-10(14)3-5-11/h2-5,9,12,15H,6-8H2,1H3,(H,17,18)/t9-,12+/m1/s1. The Balaban J connectivity index is 1.95. The second-order valence-corrected chi connectivity index (χ2v) is 5.19. The van der Waals surface area contributed by atoms with Gasteiger partial charge < -0.3 is 15.3 Å². The molecule has 0 spiro atoms. The molecular formula is C13H17ClN2O2. The molecule has 0 radical (unpaired) electrons. The molecule has 2 rings (SSSR count). The van der Waals surface area contributed by atoms with Crippen LogP contribution in [0.2, 0.25) is 5.02 Å². The predicted octanol–water partition coefficient (Wildman–Crippen LogP) is 3.14. The molecule has 1 heterocycles. The summed E-state index contributed by atoms with van der Waals surface area (Å²) in [5.74, 6) is 0.297. The van der Waals surface area contributed by atoms with Crippen LogP contribution in [0.4, 0.5) is 10.5 Å². The van der Waals surface area contributed by atoms with Crippen LogP contribution >= 0.6 is 11.6 Å². The highest BCUT2D eigenvalue weighted by atomic mass is 35.5. The molecule has 0 bridgehead atoms. The van der Waals surface area contributed by atoms with E-state index in [-0.39, 0.29) is 0 Å². The fourth-order valence-corrected chi connectivity index (χ4v) is 2.42. The monoisotopic (exact) mass is 268 g/mol. The van der Waals surface area contributed by atoms with Gasteiger partial charge in [-0.05, 0) is 36.6 Å². The summed E-state index contributed by atoms with van der Waals surface area (Å²) in [5.41, 5.74) is 1.03. The van der Waals surface area contributed by atoms with E-state index < -0.39 is 6.09 Å². The Morgan fingerprint density at radius 1 is 1.44 bits per heavy atom. The lowest BCUT2D eigenvalue weighted by Gasteiger charge is -2.36. The summed E-state index contributed by atoms with van der Waals surface area (Å²) in [4.78, 5) is 12.4. The summed E-state index contributed by atoms with van der Waals surface area (Å²) in [5, 5.41) is 13.1. The smallest absolute Gasteiger partial charge is 0.407 e. The van der Waals surface area contributed by atoms with Crippen LogP contribution < -0.4 is 5.32 Å². The van der Waals surface area contributed by atoms with Crippen molar-refractivity contribution in [3.63, 3.8) is 0 Å². The number of nitrogens with zero attached hydrogens (tertiary/aromatic N) is 1. The number of piperidine rings is 1. The molecule has 2 atom stereocenters. The number of carboxylic acid groups (broad SMARTS) is 1. The molecule has 1 aliphatic rings. The number of rotatable bonds is 2. The molecule has 0 saturated carbocycles. The summed E-state index contributed by atoms with van der Waals surface area (Å²) >= 11 is 5.84. The zero-order valence-electron chi connectivity index (χ0n) is 10.3. The van der Waals surface area contributed by atoms with E-state index in [4.69, 9.17) is 16.7 Å². The first-order valence-corrected chi connectivity index (χ1v) is 6.44. The first kappa shape index (κ1) is 13.0. The lowest BCUT2D eigenvalue weighted by molar-refractivity contribution is 0.119. The van der Waals surface area contributed by atoms with Crippen LogP contribution in [0.1, 0.15) is 13.3 Å². The fourth-order valence-electron chi connectivity index (χ4n) is 2.29. The molecule has 0 aromatic heterocycles. The number of anilines is 1. The zero-order chi connectivity index (χ0) is 13.1. The minimum atomic E-state index is -0.827. The Morgan fingerprint density at radius 2 is 2.11 bits per heavy atom. The largest absolute Gasteiger partial charge is 0.465 e. The summed E-state index contributed by atoms with van der Waals surface area (Å²) in [6.45, 7) is 3.24. The van der Waals surface area contributed by atoms with Gasteiger partial charge in [0.2, 0.25) is 0 Å². The normalized spacial score (nSPS) is 23.8. The van der Waals surface area contributed by atoms with Gasteiger partial charge in [0.15, 0.2) is 0 Å². The van der Waals surface area contributed by atoms with Crippen molar-refractivity contribution in [3.8, 4) is 0 Å². The zero-order valence-corrected chi connectivity index (χ0v) is 11.0. The number of benzene rings is 1. The second-order valence-electron chi connectivity index (χ2n) is 4.75. The van der Waals surface area contributed by atoms with Crippen LogP contribution in [0.25, 0.3) is 0 Å². The van der Waals surface area contributed by atoms with Crippen LogP contribution in [-0.4, -0.2) is 35.2 Å². The molecule has 0 aliphatic carbocycles. The Bertz CT molecular complexity index is 422. The summed E-state index contributed by atoms with van der Waals surface area (Å²) in [6.07, 6.45) is 0.00241. The molecule has 0 unspecified atom stereocenters. The number of carbonyl (C=O) groups is 1. The van der Waals surface area contributed by atoms with E-state index in [2.05, 4.69) is 12.2 Å². The highest BCUT2D eigenvalue weighted by Gasteiger charge is 2.28. The lowest BCUT2D eigenvalue weighted by atomic mass is 9.94. The van der Waals surface area contributed by atoms with Gasteiger partial charge in [-0.3, -0.25) is 0 Å². The van der Waals surface area contributed by atoms with Crippen molar-refractivity contribution in [2.24, 2.45) is 5.92 Å². The first-order chi connectivity index (χ1) is 8.56. The van der Waals surface area contributed by atoms with Crippen molar-refractivity contribution in [1.29, 1.82) is 0 Å². The molecular weight excluding hydrogens is 252 g/mol. The number of halogens is 1. The molecule has 98 valence electrons. The summed E-state index contributed by atoms with van der Waals surface area (Å²) < 4.78 is 0. The van der Waals surface area contributed by atoms with Crippen LogP contribution in [0.15, 0.2) is 24.3 Å². The molecule has 1 amide bonds. The first-order valence-electron chi connectivity index (χ1n) is 6.06. The quantitative estimate of drug-likeness (QED) is 0.866. The number of nitrogens with one attached hydrogen (secondary N) is 1. The van der Waals surface area contributed by atoms with Crippen LogP contribution in [0, 0.1) is 5.92 Å². The van der Waals surface area contributed by atoms with Crippen molar-refractivity contribution < 1.29 is 9.90 Å². The van der Waals surface area contributed by atoms with Gasteiger partial charge in [-0.25, -0.2) is 4.79 Å². The molecule has 18 heavy (non-hydrogen) atoms. The second kappa shape index (κ2) is 5.48. The van der Waals surface area contributed by atoms with E-state index in [9.17, 15) is 4.79 Å². The third kappa shape index (κ3) is 3.07. The average Bonchev–Trinajstić information content (AvgIpc) is 2.34. The molecule has 1 fully saturated rings. The SMILES string of the molecule is C[C@@H]1CN(C(=O)O)CC[C@@H]1Nc1ccc(Cl)cc1. The van der Waals surface area contributed by atoms with Crippen LogP contribution in [0.3, 0.4) is 0 Å².